The van der Waals surface area contributed by atoms with Gasteiger partial charge in [0.15, 0.2) is 0 Å². The van der Waals surface area contributed by atoms with Crippen LogP contribution in [0.4, 0.5) is 10.1 Å². The first-order chi connectivity index (χ1) is 9.13. The topological polar surface area (TPSA) is 29.3 Å². The summed E-state index contributed by atoms with van der Waals surface area (Å²) in [6.07, 6.45) is 0. The quantitative estimate of drug-likeness (QED) is 0.855. The molecule has 3 rings (SSSR count). The Labute approximate surface area is 120 Å². The second-order valence-corrected chi connectivity index (χ2v) is 5.78. The average Bonchev–Trinajstić information content (AvgIpc) is 2.78. The predicted octanol–water partition coefficient (Wildman–Crippen LogP) is 3.69. The molecular weight excluding hydrogens is 307 g/mol. The highest BCUT2D eigenvalue weighted by Crippen LogP contribution is 2.29. The van der Waals surface area contributed by atoms with Crippen LogP contribution in [-0.2, 0) is 19.6 Å². The number of nitrogens with zero attached hydrogens (tertiary/aromatic N) is 1. The van der Waals surface area contributed by atoms with Crippen molar-refractivity contribution in [2.75, 3.05) is 5.73 Å². The maximum atomic E-state index is 13.8. The molecule has 0 spiro atoms. The van der Waals surface area contributed by atoms with Crippen molar-refractivity contribution in [1.29, 1.82) is 0 Å². The monoisotopic (exact) mass is 320 g/mol. The molecule has 0 bridgehead atoms. The van der Waals surface area contributed by atoms with E-state index < -0.39 is 0 Å². The highest BCUT2D eigenvalue weighted by atomic mass is 79.9. The van der Waals surface area contributed by atoms with Gasteiger partial charge in [0.25, 0.3) is 0 Å². The number of hydrogen-bond acceptors (Lipinski definition) is 2. The van der Waals surface area contributed by atoms with Crippen LogP contribution in [0.25, 0.3) is 0 Å². The lowest BCUT2D eigenvalue weighted by atomic mass is 10.1. The van der Waals surface area contributed by atoms with E-state index in [0.29, 0.717) is 12.1 Å². The Morgan fingerprint density at radius 3 is 2.84 bits per heavy atom. The summed E-state index contributed by atoms with van der Waals surface area (Å²) in [5.41, 5.74) is 9.94. The SMILES string of the molecule is Nc1cccc2c1CN(Cc1cc(Br)ccc1F)C2. The first-order valence-corrected chi connectivity index (χ1v) is 6.95. The zero-order chi connectivity index (χ0) is 13.4. The zero-order valence-electron chi connectivity index (χ0n) is 10.4. The minimum Gasteiger partial charge on any atom is -0.398 e. The number of anilines is 1. The van der Waals surface area contributed by atoms with Crippen LogP contribution in [-0.4, -0.2) is 4.90 Å². The standard InChI is InChI=1S/C15H14BrFN2/c16-12-4-5-14(17)11(6-12)8-19-7-10-2-1-3-15(18)13(10)9-19/h1-6H,7-9,18H2. The molecule has 0 radical (unpaired) electrons. The van der Waals surface area contributed by atoms with Gasteiger partial charge >= 0.3 is 0 Å². The average molecular weight is 321 g/mol. The number of nitrogen functional groups attached to an aromatic ring is 1. The molecule has 1 aliphatic rings. The minimum atomic E-state index is -0.160. The third-order valence-corrected chi connectivity index (χ3v) is 3.98. The maximum absolute atomic E-state index is 13.8. The van der Waals surface area contributed by atoms with E-state index in [4.69, 9.17) is 5.73 Å². The van der Waals surface area contributed by atoms with Gasteiger partial charge in [-0.1, -0.05) is 28.1 Å². The molecule has 0 atom stereocenters. The summed E-state index contributed by atoms with van der Waals surface area (Å²) in [7, 11) is 0. The predicted molar refractivity (Wildman–Crippen MR) is 77.9 cm³/mol. The van der Waals surface area contributed by atoms with Gasteiger partial charge in [-0.25, -0.2) is 4.39 Å². The van der Waals surface area contributed by atoms with Crippen molar-refractivity contribution >= 4 is 21.6 Å². The van der Waals surface area contributed by atoms with Crippen LogP contribution in [0.5, 0.6) is 0 Å². The van der Waals surface area contributed by atoms with Gasteiger partial charge in [-0.05, 0) is 35.4 Å². The normalized spacial score (nSPS) is 14.6. The largest absolute Gasteiger partial charge is 0.398 e. The molecule has 2 aromatic rings. The van der Waals surface area contributed by atoms with E-state index in [-0.39, 0.29) is 5.82 Å². The number of nitrogens with two attached hydrogens (primary N) is 1. The van der Waals surface area contributed by atoms with Gasteiger partial charge in [-0.3, -0.25) is 4.90 Å². The first kappa shape index (κ1) is 12.6. The van der Waals surface area contributed by atoms with Gasteiger partial charge in [0.1, 0.15) is 5.82 Å². The van der Waals surface area contributed by atoms with Crippen LogP contribution < -0.4 is 5.73 Å². The van der Waals surface area contributed by atoms with Crippen molar-refractivity contribution in [3.8, 4) is 0 Å². The summed E-state index contributed by atoms with van der Waals surface area (Å²) < 4.78 is 14.7. The molecule has 19 heavy (non-hydrogen) atoms. The van der Waals surface area contributed by atoms with E-state index in [1.54, 1.807) is 6.07 Å². The molecule has 0 saturated carbocycles. The van der Waals surface area contributed by atoms with Crippen LogP contribution in [0.1, 0.15) is 16.7 Å². The number of hydrogen-bond donors (Lipinski definition) is 1. The van der Waals surface area contributed by atoms with E-state index in [9.17, 15) is 4.39 Å². The Hall–Kier alpha value is -1.39. The zero-order valence-corrected chi connectivity index (χ0v) is 12.0. The minimum absolute atomic E-state index is 0.160. The van der Waals surface area contributed by atoms with Crippen molar-refractivity contribution in [1.82, 2.24) is 4.90 Å². The van der Waals surface area contributed by atoms with Crippen LogP contribution in [0, 0.1) is 5.82 Å². The Balaban J connectivity index is 1.81. The van der Waals surface area contributed by atoms with Gasteiger partial charge < -0.3 is 5.73 Å². The smallest absolute Gasteiger partial charge is 0.127 e. The van der Waals surface area contributed by atoms with Crippen molar-refractivity contribution in [2.24, 2.45) is 0 Å². The molecule has 4 heteroatoms. The number of fused-ring (bicyclic) bond motifs is 1. The molecule has 0 amide bonds. The highest BCUT2D eigenvalue weighted by Gasteiger charge is 2.21. The summed E-state index contributed by atoms with van der Waals surface area (Å²) in [6, 6.07) is 11.0. The van der Waals surface area contributed by atoms with Crippen molar-refractivity contribution in [3.05, 3.63) is 63.4 Å². The molecule has 1 heterocycles. The molecule has 0 unspecified atom stereocenters. The fraction of sp³-hybridized carbons (Fsp3) is 0.200. The van der Waals surface area contributed by atoms with Gasteiger partial charge in [0.05, 0.1) is 0 Å². The van der Waals surface area contributed by atoms with Crippen LogP contribution >= 0.6 is 15.9 Å². The van der Waals surface area contributed by atoms with Gasteiger partial charge in [-0.15, -0.1) is 0 Å². The summed E-state index contributed by atoms with van der Waals surface area (Å²) in [5, 5.41) is 0. The van der Waals surface area contributed by atoms with Crippen molar-refractivity contribution in [2.45, 2.75) is 19.6 Å². The molecule has 1 aliphatic heterocycles. The second-order valence-electron chi connectivity index (χ2n) is 4.87. The van der Waals surface area contributed by atoms with Crippen LogP contribution in [0.2, 0.25) is 0 Å². The molecule has 0 saturated heterocycles. The van der Waals surface area contributed by atoms with Crippen LogP contribution in [0.3, 0.4) is 0 Å². The first-order valence-electron chi connectivity index (χ1n) is 6.16. The fourth-order valence-corrected chi connectivity index (χ4v) is 2.94. The van der Waals surface area contributed by atoms with Crippen molar-refractivity contribution < 1.29 is 4.39 Å². The Morgan fingerprint density at radius 1 is 1.21 bits per heavy atom. The summed E-state index contributed by atoms with van der Waals surface area (Å²) in [6.45, 7) is 2.21. The third-order valence-electron chi connectivity index (χ3n) is 3.49. The Kier molecular flexibility index (Phi) is 3.29. The summed E-state index contributed by atoms with van der Waals surface area (Å²) in [4.78, 5) is 2.20. The number of benzene rings is 2. The van der Waals surface area contributed by atoms with Gasteiger partial charge in [0.2, 0.25) is 0 Å². The molecule has 0 aromatic heterocycles. The van der Waals surface area contributed by atoms with E-state index in [1.807, 2.05) is 18.2 Å². The molecule has 0 fully saturated rings. The van der Waals surface area contributed by atoms with E-state index in [2.05, 4.69) is 26.9 Å². The summed E-state index contributed by atoms with van der Waals surface area (Å²) >= 11 is 3.38. The molecule has 2 N–H and O–H groups in total. The molecule has 2 aromatic carbocycles. The van der Waals surface area contributed by atoms with E-state index in [1.165, 1.54) is 17.2 Å². The van der Waals surface area contributed by atoms with Gasteiger partial charge in [-0.2, -0.15) is 0 Å². The van der Waals surface area contributed by atoms with Crippen molar-refractivity contribution in [3.63, 3.8) is 0 Å². The fourth-order valence-electron chi connectivity index (χ4n) is 2.53. The molecular formula is C15H14BrFN2. The molecule has 0 aliphatic carbocycles. The summed E-state index contributed by atoms with van der Waals surface area (Å²) in [5.74, 6) is -0.160. The van der Waals surface area contributed by atoms with Gasteiger partial charge in [0, 0.05) is 35.4 Å². The maximum Gasteiger partial charge on any atom is 0.127 e. The highest BCUT2D eigenvalue weighted by molar-refractivity contribution is 9.10. The molecule has 98 valence electrons. The number of halogens is 2. The number of rotatable bonds is 2. The van der Waals surface area contributed by atoms with E-state index >= 15 is 0 Å². The Bertz CT molecular complexity index is 628. The Morgan fingerprint density at radius 2 is 2.05 bits per heavy atom. The molecule has 2 nitrogen and oxygen atoms in total. The lowest BCUT2D eigenvalue weighted by Crippen LogP contribution is -2.16. The lowest BCUT2D eigenvalue weighted by Gasteiger charge is -2.15. The second kappa shape index (κ2) is 4.94. The van der Waals surface area contributed by atoms with E-state index in [0.717, 1.165) is 23.2 Å². The third kappa shape index (κ3) is 2.51. The van der Waals surface area contributed by atoms with Crippen LogP contribution in [0.15, 0.2) is 40.9 Å². The lowest BCUT2D eigenvalue weighted by molar-refractivity contribution is 0.271.